The summed E-state index contributed by atoms with van der Waals surface area (Å²) in [6.07, 6.45) is 5.66. The number of aromatic nitrogens is 3. The Balaban J connectivity index is 0.000000297. The smallest absolute Gasteiger partial charge is 0.354 e. The van der Waals surface area contributed by atoms with Gasteiger partial charge >= 0.3 is 5.69 Å². The molecule has 4 rings (SSSR count). The topological polar surface area (TPSA) is 139 Å². The van der Waals surface area contributed by atoms with E-state index in [1.165, 1.54) is 0 Å². The molecule has 0 bridgehead atoms. The van der Waals surface area contributed by atoms with Crippen LogP contribution in [0, 0.1) is 5.82 Å². The van der Waals surface area contributed by atoms with E-state index >= 15 is 0 Å². The Morgan fingerprint density at radius 1 is 1.04 bits per heavy atom. The van der Waals surface area contributed by atoms with Crippen LogP contribution in [0.25, 0.3) is 16.7 Å². The number of aliphatic imine (C=N–C) groups is 1. The SMILES string of the molecule is CN=C(N)NCCCNCc1ccc(-n2cc3cc(C(C)(C)C)[nH]c3nc2=O)cc1.C[C@H](N)CCCc1cc(Cl)c(F)c(C(C)(C)C)c1. The number of hydrogen-bond donors (Lipinski definition) is 5. The molecular formula is C37H54ClFN8O. The maximum absolute atomic E-state index is 14.0. The first-order chi connectivity index (χ1) is 22.5. The average Bonchev–Trinajstić information content (AvgIpc) is 3.43. The molecule has 0 saturated carbocycles. The fourth-order valence-electron chi connectivity index (χ4n) is 5.06. The summed E-state index contributed by atoms with van der Waals surface area (Å²) >= 11 is 5.97. The molecule has 0 amide bonds. The van der Waals surface area contributed by atoms with Gasteiger partial charge in [0.05, 0.1) is 10.7 Å². The zero-order chi connectivity index (χ0) is 35.6. The second kappa shape index (κ2) is 17.1. The highest BCUT2D eigenvalue weighted by Crippen LogP contribution is 2.31. The van der Waals surface area contributed by atoms with Crippen molar-refractivity contribution in [3.05, 3.63) is 92.4 Å². The summed E-state index contributed by atoms with van der Waals surface area (Å²) in [4.78, 5) is 23.9. The van der Waals surface area contributed by atoms with Crippen molar-refractivity contribution >= 4 is 28.6 Å². The first-order valence-electron chi connectivity index (χ1n) is 16.6. The summed E-state index contributed by atoms with van der Waals surface area (Å²) in [6, 6.07) is 13.9. The van der Waals surface area contributed by atoms with E-state index in [2.05, 4.69) is 52.4 Å². The maximum Gasteiger partial charge on any atom is 0.354 e. The van der Waals surface area contributed by atoms with Crippen LogP contribution in [0.1, 0.15) is 90.1 Å². The Morgan fingerprint density at radius 3 is 2.33 bits per heavy atom. The van der Waals surface area contributed by atoms with Crippen LogP contribution in [0.3, 0.4) is 0 Å². The second-order valence-corrected chi connectivity index (χ2v) is 14.8. The van der Waals surface area contributed by atoms with E-state index in [-0.39, 0.29) is 33.4 Å². The molecule has 2 heterocycles. The summed E-state index contributed by atoms with van der Waals surface area (Å²) in [5, 5.41) is 7.58. The largest absolute Gasteiger partial charge is 0.370 e. The molecule has 0 radical (unpaired) electrons. The van der Waals surface area contributed by atoms with Gasteiger partial charge in [-0.05, 0) is 85.5 Å². The van der Waals surface area contributed by atoms with E-state index in [9.17, 15) is 9.18 Å². The Morgan fingerprint density at radius 2 is 1.73 bits per heavy atom. The number of H-pyrrole nitrogens is 1. The molecule has 4 aromatic rings. The van der Waals surface area contributed by atoms with Gasteiger partial charge in [-0.15, -0.1) is 0 Å². The van der Waals surface area contributed by atoms with E-state index < -0.39 is 0 Å². The molecule has 7 N–H and O–H groups in total. The minimum atomic E-state index is -0.293. The minimum Gasteiger partial charge on any atom is -0.370 e. The van der Waals surface area contributed by atoms with Crippen molar-refractivity contribution in [1.82, 2.24) is 25.2 Å². The minimum absolute atomic E-state index is 0.0323. The van der Waals surface area contributed by atoms with E-state index in [1.54, 1.807) is 17.7 Å². The molecule has 11 heteroatoms. The Kier molecular flexibility index (Phi) is 13.8. The summed E-state index contributed by atoms with van der Waals surface area (Å²) in [6.45, 7) is 16.8. The van der Waals surface area contributed by atoms with Crippen LogP contribution in [0.4, 0.5) is 4.39 Å². The summed E-state index contributed by atoms with van der Waals surface area (Å²) in [5.74, 6) is 0.169. The lowest BCUT2D eigenvalue weighted by Crippen LogP contribution is -2.33. The number of aryl methyl sites for hydroxylation is 1. The average molecular weight is 681 g/mol. The monoisotopic (exact) mass is 680 g/mol. The lowest BCUT2D eigenvalue weighted by molar-refractivity contribution is 0.521. The highest BCUT2D eigenvalue weighted by molar-refractivity contribution is 6.30. The predicted molar refractivity (Wildman–Crippen MR) is 199 cm³/mol. The van der Waals surface area contributed by atoms with Gasteiger partial charge in [0.2, 0.25) is 0 Å². The molecule has 2 aromatic carbocycles. The van der Waals surface area contributed by atoms with Crippen LogP contribution < -0.4 is 27.8 Å². The molecule has 48 heavy (non-hydrogen) atoms. The highest BCUT2D eigenvalue weighted by Gasteiger charge is 2.21. The zero-order valence-electron chi connectivity index (χ0n) is 29.8. The van der Waals surface area contributed by atoms with Gasteiger partial charge in [0, 0.05) is 48.9 Å². The molecular weight excluding hydrogens is 627 g/mol. The van der Waals surface area contributed by atoms with Crippen LogP contribution in [-0.2, 0) is 23.8 Å². The molecule has 0 fully saturated rings. The number of aromatic amines is 1. The van der Waals surface area contributed by atoms with Gasteiger partial charge < -0.3 is 27.1 Å². The van der Waals surface area contributed by atoms with Crippen molar-refractivity contribution in [2.45, 2.75) is 97.6 Å². The molecule has 0 aliphatic rings. The number of nitrogens with zero attached hydrogens (tertiary/aromatic N) is 3. The Labute approximate surface area is 289 Å². The van der Waals surface area contributed by atoms with E-state index in [0.29, 0.717) is 17.2 Å². The van der Waals surface area contributed by atoms with Gasteiger partial charge in [-0.3, -0.25) is 9.56 Å². The van der Waals surface area contributed by atoms with Crippen LogP contribution in [0.15, 0.2) is 58.4 Å². The molecule has 0 saturated heterocycles. The number of fused-ring (bicyclic) bond motifs is 1. The quantitative estimate of drug-likeness (QED) is 0.0699. The van der Waals surface area contributed by atoms with Crippen LogP contribution in [0.5, 0.6) is 0 Å². The third-order valence-electron chi connectivity index (χ3n) is 7.96. The highest BCUT2D eigenvalue weighted by atomic mass is 35.5. The number of halogens is 2. The van der Waals surface area contributed by atoms with Crippen molar-refractivity contribution in [2.24, 2.45) is 16.5 Å². The van der Waals surface area contributed by atoms with Crippen molar-refractivity contribution in [3.63, 3.8) is 0 Å². The van der Waals surface area contributed by atoms with Gasteiger partial charge in [0.25, 0.3) is 0 Å². The number of benzene rings is 2. The second-order valence-electron chi connectivity index (χ2n) is 14.4. The zero-order valence-corrected chi connectivity index (χ0v) is 30.6. The number of rotatable bonds is 11. The van der Waals surface area contributed by atoms with Gasteiger partial charge in [-0.2, -0.15) is 4.98 Å². The van der Waals surface area contributed by atoms with E-state index in [1.807, 2.05) is 64.2 Å². The molecule has 0 unspecified atom stereocenters. The third-order valence-corrected chi connectivity index (χ3v) is 8.23. The summed E-state index contributed by atoms with van der Waals surface area (Å²) in [5.41, 5.74) is 16.2. The molecule has 0 aliphatic heterocycles. The Hall–Kier alpha value is -3.73. The number of guanidine groups is 1. The lowest BCUT2D eigenvalue weighted by Gasteiger charge is -2.21. The van der Waals surface area contributed by atoms with Crippen molar-refractivity contribution < 1.29 is 4.39 Å². The Bertz CT molecular complexity index is 1710. The predicted octanol–water partition coefficient (Wildman–Crippen LogP) is 6.47. The fraction of sp³-hybridized carbons (Fsp3) is 0.486. The van der Waals surface area contributed by atoms with Crippen molar-refractivity contribution in [1.29, 1.82) is 0 Å². The normalized spacial score (nSPS) is 12.9. The van der Waals surface area contributed by atoms with Crippen molar-refractivity contribution in [2.75, 3.05) is 20.1 Å². The van der Waals surface area contributed by atoms with E-state index in [0.717, 1.165) is 73.2 Å². The first kappa shape index (κ1) is 38.7. The van der Waals surface area contributed by atoms with Crippen LogP contribution in [-0.4, -0.2) is 46.7 Å². The molecule has 1 atom stereocenters. The van der Waals surface area contributed by atoms with Gasteiger partial charge in [0.15, 0.2) is 5.96 Å². The molecule has 0 aliphatic carbocycles. The molecule has 262 valence electrons. The third kappa shape index (κ3) is 11.5. The van der Waals surface area contributed by atoms with Crippen molar-refractivity contribution in [3.8, 4) is 5.69 Å². The molecule has 0 spiro atoms. The van der Waals surface area contributed by atoms with Gasteiger partial charge in [0.1, 0.15) is 11.5 Å². The lowest BCUT2D eigenvalue weighted by atomic mass is 9.85. The maximum atomic E-state index is 14.0. The fourth-order valence-corrected chi connectivity index (χ4v) is 5.30. The van der Waals surface area contributed by atoms with Gasteiger partial charge in [-0.1, -0.05) is 71.3 Å². The van der Waals surface area contributed by atoms with Crippen LogP contribution >= 0.6 is 11.6 Å². The summed E-state index contributed by atoms with van der Waals surface area (Å²) < 4.78 is 15.6. The standard InChI is InChI=1S/C22H31N7O.C15H23ClFN/c1-22(2,3)18-12-16-14-29(21(30)28-19(16)27-18)17-8-6-15(7-9-17)13-25-10-5-11-26-20(23)24-4;1-10(18)6-5-7-11-8-12(15(2,3)4)14(17)13(16)9-11/h6-9,12,14,25H,5,10-11,13H2,1-4H3,(H3,23,24,26)(H,27,28,30);8-10H,5-7,18H2,1-4H3/t;10-/m.0/s1. The molecule has 9 nitrogen and oxygen atoms in total. The van der Waals surface area contributed by atoms with E-state index in [4.69, 9.17) is 23.1 Å². The van der Waals surface area contributed by atoms with Crippen LogP contribution in [0.2, 0.25) is 5.02 Å². The number of nitrogens with two attached hydrogens (primary N) is 2. The molecule has 2 aromatic heterocycles. The van der Waals surface area contributed by atoms with Gasteiger partial charge in [-0.25, -0.2) is 9.18 Å². The number of nitrogens with one attached hydrogen (secondary N) is 3. The number of hydrogen-bond acceptors (Lipinski definition) is 5. The first-order valence-corrected chi connectivity index (χ1v) is 17.0. The summed E-state index contributed by atoms with van der Waals surface area (Å²) in [7, 11) is 1.66.